The number of aliphatic hydroxyl groups is 1. The van der Waals surface area contributed by atoms with E-state index in [1.807, 2.05) is 0 Å². The molecule has 0 unspecified atom stereocenters. The molecule has 0 bridgehead atoms. The fraction of sp³-hybridized carbons (Fsp3) is 0.161. The first-order valence-electron chi connectivity index (χ1n) is 12.9. The number of phenols is 6. The molecular formula is C31H24O12. The number of aromatic hydroxyl groups is 6. The Balaban J connectivity index is 1.60. The molecule has 3 atom stereocenters. The largest absolute Gasteiger partial charge is 0.508 e. The molecule has 4 aromatic rings. The number of Topliss-reactive ketones (excluding diaryl/α,β-unsaturated/α-hetero) is 2. The number of fused-ring (bicyclic) bond motifs is 2. The summed E-state index contributed by atoms with van der Waals surface area (Å²) in [6.07, 6.45) is -3.12. The van der Waals surface area contributed by atoms with Gasteiger partial charge in [-0.15, -0.1) is 0 Å². The van der Waals surface area contributed by atoms with E-state index in [1.54, 1.807) is 0 Å². The van der Waals surface area contributed by atoms with Gasteiger partial charge in [0.1, 0.15) is 57.5 Å². The van der Waals surface area contributed by atoms with E-state index < -0.39 is 74.8 Å². The fourth-order valence-corrected chi connectivity index (χ4v) is 5.57. The van der Waals surface area contributed by atoms with Crippen molar-refractivity contribution in [3.05, 3.63) is 88.5 Å². The predicted octanol–water partition coefficient (Wildman–Crippen LogP) is 3.84. The second-order valence-electron chi connectivity index (χ2n) is 10.2. The second kappa shape index (κ2) is 9.74. The van der Waals surface area contributed by atoms with Crippen LogP contribution in [0.3, 0.4) is 0 Å². The number of rotatable bonds is 4. The summed E-state index contributed by atoms with van der Waals surface area (Å²) < 4.78 is 17.2. The highest BCUT2D eigenvalue weighted by molar-refractivity contribution is 6.11. The van der Waals surface area contributed by atoms with Gasteiger partial charge in [-0.2, -0.15) is 0 Å². The van der Waals surface area contributed by atoms with Crippen LogP contribution >= 0.6 is 0 Å². The maximum atomic E-state index is 14.2. The van der Waals surface area contributed by atoms with Crippen molar-refractivity contribution in [3.8, 4) is 51.7 Å². The number of benzene rings is 4. The first kappa shape index (κ1) is 27.5. The highest BCUT2D eigenvalue weighted by atomic mass is 16.5. The van der Waals surface area contributed by atoms with Gasteiger partial charge in [0.05, 0.1) is 19.1 Å². The number of methoxy groups -OCH3 is 1. The summed E-state index contributed by atoms with van der Waals surface area (Å²) in [7, 11) is 1.36. The highest BCUT2D eigenvalue weighted by Gasteiger charge is 2.57. The third kappa shape index (κ3) is 4.18. The number of carbonyl (C=O) groups is 2. The van der Waals surface area contributed by atoms with Gasteiger partial charge in [0.2, 0.25) is 11.4 Å². The van der Waals surface area contributed by atoms with Crippen molar-refractivity contribution in [2.75, 3.05) is 7.11 Å². The van der Waals surface area contributed by atoms with Crippen molar-refractivity contribution in [1.29, 1.82) is 0 Å². The van der Waals surface area contributed by atoms with Gasteiger partial charge in [-0.1, -0.05) is 18.2 Å². The molecule has 0 fully saturated rings. The molecule has 43 heavy (non-hydrogen) atoms. The molecule has 6 rings (SSSR count). The Morgan fingerprint density at radius 1 is 0.744 bits per heavy atom. The van der Waals surface area contributed by atoms with E-state index in [9.17, 15) is 45.3 Å². The van der Waals surface area contributed by atoms with E-state index >= 15 is 0 Å². The topological polar surface area (TPSA) is 203 Å². The molecule has 4 aromatic carbocycles. The van der Waals surface area contributed by atoms with Gasteiger partial charge in [-0.3, -0.25) is 9.59 Å². The van der Waals surface area contributed by atoms with Gasteiger partial charge in [0, 0.05) is 18.2 Å². The molecule has 12 nitrogen and oxygen atoms in total. The molecule has 2 heterocycles. The minimum Gasteiger partial charge on any atom is -0.508 e. The Morgan fingerprint density at radius 3 is 2.09 bits per heavy atom. The number of phenolic OH excluding ortho intramolecular Hbond substituents is 6. The van der Waals surface area contributed by atoms with Gasteiger partial charge in [-0.05, 0) is 35.4 Å². The lowest BCUT2D eigenvalue weighted by molar-refractivity contribution is -0.0569. The van der Waals surface area contributed by atoms with E-state index in [0.29, 0.717) is 5.56 Å². The smallest absolute Gasteiger partial charge is 0.210 e. The molecule has 2 aliphatic heterocycles. The van der Waals surface area contributed by atoms with Crippen LogP contribution in [0.4, 0.5) is 0 Å². The zero-order valence-corrected chi connectivity index (χ0v) is 22.3. The quantitative estimate of drug-likeness (QED) is 0.182. The normalized spacial score (nSPS) is 20.9. The van der Waals surface area contributed by atoms with Crippen LogP contribution in [-0.4, -0.2) is 54.4 Å². The number of carbonyl (C=O) groups excluding carboxylic acids is 2. The van der Waals surface area contributed by atoms with E-state index in [1.165, 1.54) is 49.6 Å². The second-order valence-corrected chi connectivity index (χ2v) is 10.2. The molecular weight excluding hydrogens is 564 g/mol. The van der Waals surface area contributed by atoms with Crippen molar-refractivity contribution in [1.82, 2.24) is 0 Å². The Labute approximate surface area is 242 Å². The Kier molecular flexibility index (Phi) is 6.24. The molecule has 0 saturated carbocycles. The minimum absolute atomic E-state index is 0.113. The molecule has 0 amide bonds. The molecule has 0 spiro atoms. The van der Waals surface area contributed by atoms with Crippen LogP contribution in [0.15, 0.2) is 60.7 Å². The van der Waals surface area contributed by atoms with Crippen LogP contribution < -0.4 is 14.2 Å². The zero-order valence-electron chi connectivity index (χ0n) is 22.3. The van der Waals surface area contributed by atoms with Gasteiger partial charge >= 0.3 is 0 Å². The van der Waals surface area contributed by atoms with Crippen LogP contribution in [-0.2, 0) is 5.60 Å². The van der Waals surface area contributed by atoms with Crippen molar-refractivity contribution in [2.24, 2.45) is 0 Å². The lowest BCUT2D eigenvalue weighted by Gasteiger charge is -2.41. The van der Waals surface area contributed by atoms with E-state index in [4.69, 9.17) is 14.2 Å². The standard InChI is InChI=1S/C31H24O12/c1-41-22-7-4-14(8-17(22)34)23-12-20(37)25-19(36)11-21(38)27(28(25)42-23)31(40)29(39)26-18(35)9-16(33)10-24(26)43-30(31)13-2-5-15(32)6-3-13/h2-11,23,30,32-36,38,40H,12H2,1H3/t23-,30+,31+/m1/s1. The van der Waals surface area contributed by atoms with Gasteiger partial charge in [-0.25, -0.2) is 0 Å². The summed E-state index contributed by atoms with van der Waals surface area (Å²) in [5.74, 6) is -5.61. The maximum absolute atomic E-state index is 14.2. The molecule has 0 saturated heterocycles. The van der Waals surface area contributed by atoms with E-state index in [2.05, 4.69) is 0 Å². The molecule has 0 radical (unpaired) electrons. The lowest BCUT2D eigenvalue weighted by Crippen LogP contribution is -2.48. The average Bonchev–Trinajstić information content (AvgIpc) is 2.94. The molecule has 220 valence electrons. The number of hydrogen-bond acceptors (Lipinski definition) is 12. The van der Waals surface area contributed by atoms with Gasteiger partial charge in [0.15, 0.2) is 23.4 Å². The van der Waals surface area contributed by atoms with Crippen molar-refractivity contribution >= 4 is 11.6 Å². The molecule has 7 N–H and O–H groups in total. The molecule has 0 aliphatic carbocycles. The summed E-state index contributed by atoms with van der Waals surface area (Å²) in [6.45, 7) is 0. The van der Waals surface area contributed by atoms with Crippen LogP contribution in [0.5, 0.6) is 51.7 Å². The fourth-order valence-electron chi connectivity index (χ4n) is 5.57. The predicted molar refractivity (Wildman–Crippen MR) is 146 cm³/mol. The minimum atomic E-state index is -2.91. The summed E-state index contributed by atoms with van der Waals surface area (Å²) in [6, 6.07) is 12.2. The summed E-state index contributed by atoms with van der Waals surface area (Å²) in [5, 5.41) is 75.1. The first-order valence-corrected chi connectivity index (χ1v) is 12.9. The first-order chi connectivity index (χ1) is 20.4. The maximum Gasteiger partial charge on any atom is 0.210 e. The monoisotopic (exact) mass is 588 g/mol. The van der Waals surface area contributed by atoms with Crippen LogP contribution in [0.2, 0.25) is 0 Å². The summed E-state index contributed by atoms with van der Waals surface area (Å²) >= 11 is 0. The summed E-state index contributed by atoms with van der Waals surface area (Å²) in [4.78, 5) is 27.6. The van der Waals surface area contributed by atoms with E-state index in [0.717, 1.165) is 18.2 Å². The Hall–Kier alpha value is -5.62. The number of hydrogen-bond donors (Lipinski definition) is 7. The Bertz CT molecular complexity index is 1810. The van der Waals surface area contributed by atoms with Crippen LogP contribution in [0.1, 0.15) is 56.0 Å². The average molecular weight is 589 g/mol. The molecule has 0 aromatic heterocycles. The lowest BCUT2D eigenvalue weighted by atomic mass is 9.74. The number of ether oxygens (including phenoxy) is 3. The van der Waals surface area contributed by atoms with Crippen molar-refractivity contribution in [2.45, 2.75) is 24.2 Å². The molecule has 12 heteroatoms. The van der Waals surface area contributed by atoms with Gasteiger partial charge < -0.3 is 50.0 Å². The van der Waals surface area contributed by atoms with E-state index in [-0.39, 0.29) is 35.0 Å². The van der Waals surface area contributed by atoms with Crippen LogP contribution in [0, 0.1) is 0 Å². The zero-order chi connectivity index (χ0) is 30.8. The van der Waals surface area contributed by atoms with Crippen molar-refractivity contribution in [3.63, 3.8) is 0 Å². The van der Waals surface area contributed by atoms with Gasteiger partial charge in [0.25, 0.3) is 0 Å². The summed E-state index contributed by atoms with van der Waals surface area (Å²) in [5.41, 5.74) is -4.09. The third-order valence-corrected chi connectivity index (χ3v) is 7.56. The number of ketones is 2. The Morgan fingerprint density at radius 2 is 1.42 bits per heavy atom. The third-order valence-electron chi connectivity index (χ3n) is 7.56. The van der Waals surface area contributed by atoms with Crippen LogP contribution in [0.25, 0.3) is 0 Å². The highest BCUT2D eigenvalue weighted by Crippen LogP contribution is 2.57. The molecule has 2 aliphatic rings. The van der Waals surface area contributed by atoms with Crippen molar-refractivity contribution < 1.29 is 59.5 Å². The SMILES string of the molecule is COc1ccc([C@H]2CC(=O)c3c(O)cc(O)c([C@]4(O)C(=O)c5c(O)cc(O)cc5O[C@H]4c4ccc(O)cc4)c3O2)cc1O.